The molecular formula is C21H24N4O5S. The Morgan fingerprint density at radius 1 is 1.06 bits per heavy atom. The molecule has 0 aliphatic rings. The van der Waals surface area contributed by atoms with Crippen LogP contribution in [0.5, 0.6) is 5.75 Å². The van der Waals surface area contributed by atoms with Gasteiger partial charge in [-0.25, -0.2) is 8.42 Å². The molecular weight excluding hydrogens is 420 g/mol. The SMILES string of the molecule is COc1ccc(-c2noc(CN(C)C(=O)CN(Cc3ccccc3)S(C)(=O)=O)n2)cc1. The van der Waals surface area contributed by atoms with Crippen molar-refractivity contribution in [1.29, 1.82) is 0 Å². The third-order valence-electron chi connectivity index (χ3n) is 4.60. The molecule has 1 aromatic heterocycles. The molecule has 3 aromatic rings. The Bertz CT molecular complexity index is 1110. The van der Waals surface area contributed by atoms with E-state index in [1.54, 1.807) is 38.4 Å². The van der Waals surface area contributed by atoms with Crippen molar-refractivity contribution in [2.75, 3.05) is 27.0 Å². The highest BCUT2D eigenvalue weighted by molar-refractivity contribution is 7.88. The zero-order valence-electron chi connectivity index (χ0n) is 17.6. The molecule has 0 aliphatic heterocycles. The van der Waals surface area contributed by atoms with Crippen LogP contribution in [0.4, 0.5) is 0 Å². The molecule has 0 saturated heterocycles. The molecule has 164 valence electrons. The van der Waals surface area contributed by atoms with Gasteiger partial charge >= 0.3 is 0 Å². The van der Waals surface area contributed by atoms with Crippen molar-refractivity contribution in [2.45, 2.75) is 13.1 Å². The van der Waals surface area contributed by atoms with E-state index in [2.05, 4.69) is 10.1 Å². The van der Waals surface area contributed by atoms with E-state index in [-0.39, 0.29) is 31.4 Å². The largest absolute Gasteiger partial charge is 0.497 e. The van der Waals surface area contributed by atoms with Gasteiger partial charge in [-0.15, -0.1) is 0 Å². The van der Waals surface area contributed by atoms with E-state index in [1.807, 2.05) is 30.3 Å². The highest BCUT2D eigenvalue weighted by Gasteiger charge is 2.23. The van der Waals surface area contributed by atoms with Crippen molar-refractivity contribution in [1.82, 2.24) is 19.3 Å². The summed E-state index contributed by atoms with van der Waals surface area (Å²) in [5.41, 5.74) is 1.54. The summed E-state index contributed by atoms with van der Waals surface area (Å²) in [6, 6.07) is 16.3. The van der Waals surface area contributed by atoms with Crippen LogP contribution in [0.3, 0.4) is 0 Å². The second-order valence-electron chi connectivity index (χ2n) is 7.01. The van der Waals surface area contributed by atoms with E-state index in [0.717, 1.165) is 21.7 Å². The van der Waals surface area contributed by atoms with Crippen LogP contribution in [0.2, 0.25) is 0 Å². The number of methoxy groups -OCH3 is 1. The number of aromatic nitrogens is 2. The Balaban J connectivity index is 1.64. The van der Waals surface area contributed by atoms with Crippen LogP contribution >= 0.6 is 0 Å². The number of hydrogen-bond acceptors (Lipinski definition) is 7. The molecule has 0 radical (unpaired) electrons. The number of benzene rings is 2. The molecule has 0 bridgehead atoms. The average Bonchev–Trinajstić information content (AvgIpc) is 3.21. The van der Waals surface area contributed by atoms with Crippen molar-refractivity contribution in [3.8, 4) is 17.1 Å². The molecule has 0 N–H and O–H groups in total. The summed E-state index contributed by atoms with van der Waals surface area (Å²) < 4.78 is 35.8. The predicted molar refractivity (Wildman–Crippen MR) is 114 cm³/mol. The van der Waals surface area contributed by atoms with E-state index in [1.165, 1.54) is 4.90 Å². The Morgan fingerprint density at radius 2 is 1.74 bits per heavy atom. The number of likely N-dealkylation sites (N-methyl/N-ethyl adjacent to an activating group) is 1. The summed E-state index contributed by atoms with van der Waals surface area (Å²) >= 11 is 0. The first-order valence-electron chi connectivity index (χ1n) is 9.46. The molecule has 2 aromatic carbocycles. The fourth-order valence-corrected chi connectivity index (χ4v) is 3.55. The normalized spacial score (nSPS) is 11.5. The molecule has 31 heavy (non-hydrogen) atoms. The maximum Gasteiger partial charge on any atom is 0.246 e. The topological polar surface area (TPSA) is 106 Å². The number of rotatable bonds is 9. The molecule has 9 nitrogen and oxygen atoms in total. The predicted octanol–water partition coefficient (Wildman–Crippen LogP) is 2.17. The molecule has 0 fully saturated rings. The van der Waals surface area contributed by atoms with Gasteiger partial charge in [0, 0.05) is 19.2 Å². The number of ether oxygens (including phenoxy) is 1. The van der Waals surface area contributed by atoms with Crippen LogP contribution in [0.25, 0.3) is 11.4 Å². The lowest BCUT2D eigenvalue weighted by Crippen LogP contribution is -2.40. The number of carbonyl (C=O) groups is 1. The molecule has 0 saturated carbocycles. The average molecular weight is 445 g/mol. The number of nitrogens with zero attached hydrogens (tertiary/aromatic N) is 4. The quantitative estimate of drug-likeness (QED) is 0.498. The number of hydrogen-bond donors (Lipinski definition) is 0. The fourth-order valence-electron chi connectivity index (χ4n) is 2.82. The minimum Gasteiger partial charge on any atom is -0.497 e. The second kappa shape index (κ2) is 9.71. The van der Waals surface area contributed by atoms with Crippen molar-refractivity contribution in [2.24, 2.45) is 0 Å². The van der Waals surface area contributed by atoms with Gasteiger partial charge in [0.05, 0.1) is 26.5 Å². The maximum absolute atomic E-state index is 12.7. The van der Waals surface area contributed by atoms with Gasteiger partial charge in [0.15, 0.2) is 0 Å². The van der Waals surface area contributed by atoms with Gasteiger partial charge in [-0.3, -0.25) is 4.79 Å². The first-order chi connectivity index (χ1) is 14.8. The summed E-state index contributed by atoms with van der Waals surface area (Å²) in [6.45, 7) is -0.115. The lowest BCUT2D eigenvalue weighted by atomic mass is 10.2. The van der Waals surface area contributed by atoms with Crippen LogP contribution in [0.1, 0.15) is 11.5 Å². The fraction of sp³-hybridized carbons (Fsp3) is 0.286. The Labute approximate surface area is 181 Å². The smallest absolute Gasteiger partial charge is 0.246 e. The number of carbonyl (C=O) groups excluding carboxylic acids is 1. The maximum atomic E-state index is 12.7. The van der Waals surface area contributed by atoms with Crippen LogP contribution in [0, 0.1) is 0 Å². The first-order valence-corrected chi connectivity index (χ1v) is 11.3. The van der Waals surface area contributed by atoms with Crippen LogP contribution in [-0.4, -0.2) is 60.6 Å². The third kappa shape index (κ3) is 6.12. The second-order valence-corrected chi connectivity index (χ2v) is 8.99. The Morgan fingerprint density at radius 3 is 2.35 bits per heavy atom. The van der Waals surface area contributed by atoms with Gasteiger partial charge in [0.1, 0.15) is 5.75 Å². The van der Waals surface area contributed by atoms with Gasteiger partial charge in [0.25, 0.3) is 0 Å². The van der Waals surface area contributed by atoms with Crippen LogP contribution < -0.4 is 4.74 Å². The number of sulfonamides is 1. The molecule has 0 spiro atoms. The molecule has 0 atom stereocenters. The van der Waals surface area contributed by atoms with Crippen LogP contribution in [-0.2, 0) is 27.9 Å². The van der Waals surface area contributed by atoms with Gasteiger partial charge in [-0.1, -0.05) is 35.5 Å². The Kier molecular flexibility index (Phi) is 7.03. The van der Waals surface area contributed by atoms with Crippen molar-refractivity contribution < 1.29 is 22.5 Å². The Hall–Kier alpha value is -3.24. The van der Waals surface area contributed by atoms with E-state index < -0.39 is 10.0 Å². The van der Waals surface area contributed by atoms with E-state index >= 15 is 0 Å². The number of amides is 1. The minimum absolute atomic E-state index is 0.0604. The lowest BCUT2D eigenvalue weighted by molar-refractivity contribution is -0.131. The zero-order chi connectivity index (χ0) is 22.4. The van der Waals surface area contributed by atoms with Gasteiger partial charge in [0.2, 0.25) is 27.6 Å². The third-order valence-corrected chi connectivity index (χ3v) is 5.79. The molecule has 0 unspecified atom stereocenters. The van der Waals surface area contributed by atoms with Crippen LogP contribution in [0.15, 0.2) is 59.1 Å². The lowest BCUT2D eigenvalue weighted by Gasteiger charge is -2.22. The first kappa shape index (κ1) is 22.4. The zero-order valence-corrected chi connectivity index (χ0v) is 18.4. The molecule has 3 rings (SSSR count). The van der Waals surface area contributed by atoms with Crippen molar-refractivity contribution in [3.05, 3.63) is 66.1 Å². The standard InChI is InChI=1S/C21H24N4O5S/c1-24(14-19-22-21(23-30-19)17-9-11-18(29-2)12-10-17)20(26)15-25(31(3,27)28)13-16-7-5-4-6-8-16/h4-12H,13-15H2,1-3H3. The summed E-state index contributed by atoms with van der Waals surface area (Å²) in [4.78, 5) is 18.3. The molecule has 1 heterocycles. The summed E-state index contributed by atoms with van der Waals surface area (Å²) in [6.07, 6.45) is 1.09. The summed E-state index contributed by atoms with van der Waals surface area (Å²) in [5, 5.41) is 3.94. The highest BCUT2D eigenvalue weighted by Crippen LogP contribution is 2.20. The van der Waals surface area contributed by atoms with E-state index in [0.29, 0.717) is 11.6 Å². The molecule has 10 heteroatoms. The van der Waals surface area contributed by atoms with Gasteiger partial charge in [-0.05, 0) is 29.8 Å². The van der Waals surface area contributed by atoms with Crippen molar-refractivity contribution >= 4 is 15.9 Å². The summed E-state index contributed by atoms with van der Waals surface area (Å²) in [7, 11) is -0.438. The minimum atomic E-state index is -3.58. The van der Waals surface area contributed by atoms with E-state index in [4.69, 9.17) is 9.26 Å². The molecule has 0 aliphatic carbocycles. The molecule has 1 amide bonds. The van der Waals surface area contributed by atoms with Crippen molar-refractivity contribution in [3.63, 3.8) is 0 Å². The highest BCUT2D eigenvalue weighted by atomic mass is 32.2. The monoisotopic (exact) mass is 444 g/mol. The van der Waals surface area contributed by atoms with E-state index in [9.17, 15) is 13.2 Å². The van der Waals surface area contributed by atoms with Gasteiger partial charge < -0.3 is 14.2 Å². The summed E-state index contributed by atoms with van der Waals surface area (Å²) in [5.74, 6) is 0.963. The van der Waals surface area contributed by atoms with Gasteiger partial charge in [-0.2, -0.15) is 9.29 Å².